The van der Waals surface area contributed by atoms with Crippen molar-refractivity contribution in [3.8, 4) is 0 Å². The van der Waals surface area contributed by atoms with Crippen molar-refractivity contribution in [3.63, 3.8) is 0 Å². The van der Waals surface area contributed by atoms with Crippen LogP contribution in [0.1, 0.15) is 70.1 Å². The van der Waals surface area contributed by atoms with Gasteiger partial charge < -0.3 is 20.3 Å². The second-order valence-electron chi connectivity index (χ2n) is 10.2. The standard InChI is InChI=1S/C23H41N5O2/c1-6-9-25-21(29)19-12-17(7-8-23(19)15-22(2,3)16-30-23)20-18(13-26-27-20)14-28(5)11-10-24-4/h13,17,19,24H,6-12,14-16H2,1-5H3,(H,25,29)(H,26,27). The Labute approximate surface area is 181 Å². The fourth-order valence-corrected chi connectivity index (χ4v) is 5.30. The summed E-state index contributed by atoms with van der Waals surface area (Å²) in [5, 5.41) is 14.0. The van der Waals surface area contributed by atoms with Crippen molar-refractivity contribution in [2.75, 3.05) is 40.3 Å². The van der Waals surface area contributed by atoms with Gasteiger partial charge >= 0.3 is 0 Å². The summed E-state index contributed by atoms with van der Waals surface area (Å²) < 4.78 is 6.41. The van der Waals surface area contributed by atoms with Gasteiger partial charge in [0.05, 0.1) is 24.3 Å². The molecular formula is C23H41N5O2. The zero-order valence-corrected chi connectivity index (χ0v) is 19.5. The van der Waals surface area contributed by atoms with Crippen molar-refractivity contribution in [2.45, 2.75) is 70.9 Å². The van der Waals surface area contributed by atoms with Gasteiger partial charge in [-0.25, -0.2) is 0 Å². The molecule has 3 atom stereocenters. The van der Waals surface area contributed by atoms with Gasteiger partial charge in [-0.1, -0.05) is 20.8 Å². The van der Waals surface area contributed by atoms with E-state index < -0.39 is 0 Å². The van der Waals surface area contributed by atoms with E-state index in [4.69, 9.17) is 4.74 Å². The minimum absolute atomic E-state index is 0.109. The SMILES string of the molecule is CCCNC(=O)C1CC(c2[nH]ncc2CN(C)CCNC)CCC12CC(C)(C)CO2. The van der Waals surface area contributed by atoms with Crippen LogP contribution in [0.25, 0.3) is 0 Å². The first-order valence-corrected chi connectivity index (χ1v) is 11.6. The zero-order chi connectivity index (χ0) is 21.8. The summed E-state index contributed by atoms with van der Waals surface area (Å²) >= 11 is 0. The molecule has 2 aliphatic rings. The first kappa shape index (κ1) is 23.2. The number of nitrogens with one attached hydrogen (secondary N) is 3. The van der Waals surface area contributed by atoms with Crippen LogP contribution in [0.2, 0.25) is 0 Å². The van der Waals surface area contributed by atoms with E-state index in [2.05, 4.69) is 53.5 Å². The number of amides is 1. The monoisotopic (exact) mass is 419 g/mol. The van der Waals surface area contributed by atoms with Crippen molar-refractivity contribution in [3.05, 3.63) is 17.5 Å². The highest BCUT2D eigenvalue weighted by Gasteiger charge is 2.54. The summed E-state index contributed by atoms with van der Waals surface area (Å²) in [7, 11) is 4.12. The molecule has 3 rings (SSSR count). The van der Waals surface area contributed by atoms with Gasteiger partial charge in [0.25, 0.3) is 0 Å². The molecule has 1 aromatic heterocycles. The van der Waals surface area contributed by atoms with Crippen molar-refractivity contribution in [2.24, 2.45) is 11.3 Å². The van der Waals surface area contributed by atoms with Gasteiger partial charge in [0.15, 0.2) is 0 Å². The average molecular weight is 420 g/mol. The highest BCUT2D eigenvalue weighted by atomic mass is 16.5. The molecule has 30 heavy (non-hydrogen) atoms. The zero-order valence-electron chi connectivity index (χ0n) is 19.5. The van der Waals surface area contributed by atoms with Gasteiger partial charge in [-0.3, -0.25) is 9.89 Å². The molecule has 7 heteroatoms. The van der Waals surface area contributed by atoms with Crippen LogP contribution in [-0.4, -0.2) is 66.9 Å². The quantitative estimate of drug-likeness (QED) is 0.573. The number of rotatable bonds is 9. The average Bonchev–Trinajstić information content (AvgIpc) is 3.29. The maximum absolute atomic E-state index is 13.2. The Balaban J connectivity index is 1.76. The molecule has 3 N–H and O–H groups in total. The highest BCUT2D eigenvalue weighted by Crippen LogP contribution is 2.53. The molecule has 1 aliphatic heterocycles. The van der Waals surface area contributed by atoms with Crippen LogP contribution in [0.5, 0.6) is 0 Å². The number of H-pyrrole nitrogens is 1. The largest absolute Gasteiger partial charge is 0.374 e. The van der Waals surface area contributed by atoms with E-state index in [9.17, 15) is 4.79 Å². The van der Waals surface area contributed by atoms with Crippen molar-refractivity contribution in [1.29, 1.82) is 0 Å². The number of aromatic amines is 1. The Bertz CT molecular complexity index is 704. The molecular weight excluding hydrogens is 378 g/mol. The van der Waals surface area contributed by atoms with Gasteiger partial charge in [0.1, 0.15) is 0 Å². The number of aromatic nitrogens is 2. The summed E-state index contributed by atoms with van der Waals surface area (Å²) in [6.45, 7) is 10.9. The highest BCUT2D eigenvalue weighted by molar-refractivity contribution is 5.80. The molecule has 1 aromatic rings. The van der Waals surface area contributed by atoms with Gasteiger partial charge in [-0.15, -0.1) is 0 Å². The van der Waals surface area contributed by atoms with Gasteiger partial charge in [0.2, 0.25) is 5.91 Å². The molecule has 1 saturated carbocycles. The molecule has 170 valence electrons. The van der Waals surface area contributed by atoms with E-state index in [1.165, 1.54) is 11.3 Å². The minimum atomic E-state index is -0.318. The third-order valence-electron chi connectivity index (χ3n) is 6.81. The van der Waals surface area contributed by atoms with E-state index in [1.54, 1.807) is 0 Å². The van der Waals surface area contributed by atoms with E-state index in [-0.39, 0.29) is 22.8 Å². The third-order valence-corrected chi connectivity index (χ3v) is 6.81. The Morgan fingerprint density at radius 3 is 2.87 bits per heavy atom. The molecule has 7 nitrogen and oxygen atoms in total. The maximum Gasteiger partial charge on any atom is 0.226 e. The van der Waals surface area contributed by atoms with Gasteiger partial charge in [0, 0.05) is 43.4 Å². The molecule has 2 fully saturated rings. The number of carbonyl (C=O) groups excluding carboxylic acids is 1. The summed E-state index contributed by atoms with van der Waals surface area (Å²) in [5.41, 5.74) is 2.26. The molecule has 1 spiro atoms. The predicted molar refractivity (Wildman–Crippen MR) is 119 cm³/mol. The van der Waals surface area contributed by atoms with Crippen molar-refractivity contribution >= 4 is 5.91 Å². The third kappa shape index (κ3) is 5.24. The van der Waals surface area contributed by atoms with E-state index in [0.717, 1.165) is 64.9 Å². The first-order valence-electron chi connectivity index (χ1n) is 11.6. The van der Waals surface area contributed by atoms with Crippen LogP contribution in [-0.2, 0) is 16.1 Å². The second kappa shape index (κ2) is 9.79. The lowest BCUT2D eigenvalue weighted by molar-refractivity contribution is -0.141. The number of nitrogens with zero attached hydrogens (tertiary/aromatic N) is 2. The molecule has 1 aliphatic carbocycles. The molecule has 1 saturated heterocycles. The molecule has 0 radical (unpaired) electrons. The summed E-state index contributed by atoms with van der Waals surface area (Å²) in [6, 6.07) is 0. The Morgan fingerprint density at radius 2 is 2.20 bits per heavy atom. The molecule has 0 bridgehead atoms. The van der Waals surface area contributed by atoms with Gasteiger partial charge in [-0.2, -0.15) is 5.10 Å². The lowest BCUT2D eigenvalue weighted by Crippen LogP contribution is -2.50. The number of hydrogen-bond donors (Lipinski definition) is 3. The minimum Gasteiger partial charge on any atom is -0.374 e. The predicted octanol–water partition coefficient (Wildman–Crippen LogP) is 2.66. The Hall–Kier alpha value is -1.44. The normalized spacial score (nSPS) is 28.3. The topological polar surface area (TPSA) is 82.3 Å². The van der Waals surface area contributed by atoms with E-state index in [1.807, 2.05) is 13.2 Å². The molecule has 0 aromatic carbocycles. The fraction of sp³-hybridized carbons (Fsp3) is 0.826. The Kier molecular flexibility index (Phi) is 7.58. The second-order valence-corrected chi connectivity index (χ2v) is 10.2. The van der Waals surface area contributed by atoms with Crippen LogP contribution in [0, 0.1) is 11.3 Å². The van der Waals surface area contributed by atoms with Crippen LogP contribution in [0.3, 0.4) is 0 Å². The van der Waals surface area contributed by atoms with Crippen LogP contribution in [0.4, 0.5) is 0 Å². The number of hydrogen-bond acceptors (Lipinski definition) is 5. The van der Waals surface area contributed by atoms with E-state index >= 15 is 0 Å². The molecule has 3 unspecified atom stereocenters. The van der Waals surface area contributed by atoms with E-state index in [0.29, 0.717) is 5.92 Å². The number of carbonyl (C=O) groups is 1. The lowest BCUT2D eigenvalue weighted by Gasteiger charge is -2.43. The van der Waals surface area contributed by atoms with Crippen molar-refractivity contribution in [1.82, 2.24) is 25.7 Å². The summed E-state index contributed by atoms with van der Waals surface area (Å²) in [5.74, 6) is 0.365. The number of ether oxygens (including phenoxy) is 1. The van der Waals surface area contributed by atoms with Gasteiger partial charge in [-0.05, 0) is 51.6 Å². The first-order chi connectivity index (χ1) is 14.3. The summed E-state index contributed by atoms with van der Waals surface area (Å²) in [6.07, 6.45) is 6.64. The fourth-order valence-electron chi connectivity index (χ4n) is 5.30. The molecule has 1 amide bonds. The Morgan fingerprint density at radius 1 is 1.40 bits per heavy atom. The smallest absolute Gasteiger partial charge is 0.226 e. The van der Waals surface area contributed by atoms with Crippen LogP contribution in [0.15, 0.2) is 6.20 Å². The number of likely N-dealkylation sites (N-methyl/N-ethyl adjacent to an activating group) is 2. The maximum atomic E-state index is 13.2. The molecule has 2 heterocycles. The van der Waals surface area contributed by atoms with Crippen molar-refractivity contribution < 1.29 is 9.53 Å². The summed E-state index contributed by atoms with van der Waals surface area (Å²) in [4.78, 5) is 15.5. The van der Waals surface area contributed by atoms with Crippen LogP contribution < -0.4 is 10.6 Å². The van der Waals surface area contributed by atoms with Crippen LogP contribution >= 0.6 is 0 Å². The lowest BCUT2D eigenvalue weighted by atomic mass is 9.65.